The minimum Gasteiger partial charge on any atom is -0.252 e. The third-order valence-corrected chi connectivity index (χ3v) is 6.32. The Morgan fingerprint density at radius 2 is 1.41 bits per heavy atom. The fraction of sp³-hybridized carbons (Fsp3) is 0.148. The molecule has 1 heterocycles. The Hall–Kier alpha value is -2.90. The number of aryl methyl sites for hydroxylation is 1. The maximum absolute atomic E-state index is 5.07. The first-order valence-electron chi connectivity index (χ1n) is 10.2. The van der Waals surface area contributed by atoms with Crippen molar-refractivity contribution in [2.45, 2.75) is 25.2 Å². The zero-order chi connectivity index (χ0) is 18.5. The van der Waals surface area contributed by atoms with Crippen LogP contribution >= 0.6 is 12.4 Å². The molecule has 0 fully saturated rings. The SMILES string of the molecule is Cl.c1ccc2nc(C3CCCc4ccc5c(ccc6ccccc65)c43)ccc2c1. The molecule has 0 N–H and O–H groups in total. The van der Waals surface area contributed by atoms with Gasteiger partial charge in [-0.25, -0.2) is 0 Å². The Morgan fingerprint density at radius 1 is 0.655 bits per heavy atom. The van der Waals surface area contributed by atoms with Crippen LogP contribution in [0.25, 0.3) is 32.4 Å². The standard InChI is InChI=1S/C27H21N.ClH/c1-3-9-21-18(6-1)12-16-23-22(21)15-13-20-8-5-10-24(27(20)23)26-17-14-19-7-2-4-11-25(19)28-26;/h1-4,6-7,9,11-17,24H,5,8,10H2;1H. The second-order valence-corrected chi connectivity index (χ2v) is 7.89. The average molecular weight is 396 g/mol. The van der Waals surface area contributed by atoms with Gasteiger partial charge in [-0.15, -0.1) is 12.4 Å². The summed E-state index contributed by atoms with van der Waals surface area (Å²) in [6.07, 6.45) is 3.57. The first-order valence-corrected chi connectivity index (χ1v) is 10.2. The second kappa shape index (κ2) is 7.17. The normalized spacial score (nSPS) is 15.9. The number of para-hydroxylation sites is 1. The van der Waals surface area contributed by atoms with E-state index in [4.69, 9.17) is 4.98 Å². The molecule has 1 atom stereocenters. The number of hydrogen-bond acceptors (Lipinski definition) is 1. The van der Waals surface area contributed by atoms with Crippen LogP contribution < -0.4 is 0 Å². The van der Waals surface area contributed by atoms with Gasteiger partial charge in [-0.05, 0) is 64.1 Å². The van der Waals surface area contributed by atoms with Gasteiger partial charge < -0.3 is 0 Å². The summed E-state index contributed by atoms with van der Waals surface area (Å²) in [6.45, 7) is 0. The molecule has 1 aliphatic carbocycles. The van der Waals surface area contributed by atoms with Gasteiger partial charge in [0.15, 0.2) is 0 Å². The maximum atomic E-state index is 5.07. The lowest BCUT2D eigenvalue weighted by Gasteiger charge is -2.27. The van der Waals surface area contributed by atoms with Crippen molar-refractivity contribution in [1.29, 1.82) is 0 Å². The number of nitrogens with zero attached hydrogens (tertiary/aromatic N) is 1. The Kier molecular flexibility index (Phi) is 4.49. The van der Waals surface area contributed by atoms with Crippen LogP contribution in [0.5, 0.6) is 0 Å². The highest BCUT2D eigenvalue weighted by molar-refractivity contribution is 6.09. The summed E-state index contributed by atoms with van der Waals surface area (Å²) >= 11 is 0. The molecule has 0 saturated heterocycles. The Balaban J connectivity index is 0.00000181. The van der Waals surface area contributed by atoms with Gasteiger partial charge in [-0.1, -0.05) is 72.8 Å². The Morgan fingerprint density at radius 3 is 2.34 bits per heavy atom. The van der Waals surface area contributed by atoms with Crippen molar-refractivity contribution < 1.29 is 0 Å². The van der Waals surface area contributed by atoms with Gasteiger partial charge in [-0.2, -0.15) is 0 Å². The lowest BCUT2D eigenvalue weighted by atomic mass is 9.77. The molecule has 1 nitrogen and oxygen atoms in total. The minimum atomic E-state index is 0. The van der Waals surface area contributed by atoms with E-state index in [1.165, 1.54) is 63.0 Å². The van der Waals surface area contributed by atoms with Crippen LogP contribution in [-0.4, -0.2) is 4.98 Å². The predicted molar refractivity (Wildman–Crippen MR) is 125 cm³/mol. The number of rotatable bonds is 1. The number of halogens is 1. The van der Waals surface area contributed by atoms with Crippen molar-refractivity contribution in [3.63, 3.8) is 0 Å². The van der Waals surface area contributed by atoms with E-state index >= 15 is 0 Å². The molecule has 0 saturated carbocycles. The fourth-order valence-electron chi connectivity index (χ4n) is 5.00. The molecule has 142 valence electrons. The summed E-state index contributed by atoms with van der Waals surface area (Å²) in [7, 11) is 0. The summed E-state index contributed by atoms with van der Waals surface area (Å²) in [5.74, 6) is 0.373. The molecule has 2 heteroatoms. The molecule has 6 rings (SSSR count). The Bertz CT molecular complexity index is 1360. The van der Waals surface area contributed by atoms with Gasteiger partial charge in [0.1, 0.15) is 0 Å². The highest BCUT2D eigenvalue weighted by atomic mass is 35.5. The number of hydrogen-bond donors (Lipinski definition) is 0. The predicted octanol–water partition coefficient (Wildman–Crippen LogP) is 7.43. The van der Waals surface area contributed by atoms with E-state index in [1.54, 1.807) is 0 Å². The van der Waals surface area contributed by atoms with Gasteiger partial charge in [0, 0.05) is 17.0 Å². The smallest absolute Gasteiger partial charge is 0.0705 e. The fourth-order valence-corrected chi connectivity index (χ4v) is 5.00. The summed E-state index contributed by atoms with van der Waals surface area (Å²) in [5, 5.41) is 6.64. The molecule has 29 heavy (non-hydrogen) atoms. The van der Waals surface area contributed by atoms with Crippen LogP contribution in [0.4, 0.5) is 0 Å². The molecule has 4 aromatic carbocycles. The van der Waals surface area contributed by atoms with Crippen molar-refractivity contribution >= 4 is 44.9 Å². The third kappa shape index (κ3) is 2.89. The molecule has 0 spiro atoms. The van der Waals surface area contributed by atoms with Crippen LogP contribution in [0.3, 0.4) is 0 Å². The minimum absolute atomic E-state index is 0. The van der Waals surface area contributed by atoms with Crippen molar-refractivity contribution in [2.75, 3.05) is 0 Å². The summed E-state index contributed by atoms with van der Waals surface area (Å²) in [6, 6.07) is 30.9. The van der Waals surface area contributed by atoms with Crippen LogP contribution in [0.15, 0.2) is 84.9 Å². The van der Waals surface area contributed by atoms with E-state index in [2.05, 4.69) is 84.9 Å². The molecule has 1 aliphatic rings. The maximum Gasteiger partial charge on any atom is 0.0705 e. The van der Waals surface area contributed by atoms with Gasteiger partial charge >= 0.3 is 0 Å². The zero-order valence-electron chi connectivity index (χ0n) is 16.1. The molecular formula is C27H22ClN. The van der Waals surface area contributed by atoms with Crippen LogP contribution in [0.2, 0.25) is 0 Å². The van der Waals surface area contributed by atoms with Crippen molar-refractivity contribution in [2.24, 2.45) is 0 Å². The van der Waals surface area contributed by atoms with E-state index < -0.39 is 0 Å². The first-order chi connectivity index (χ1) is 13.9. The lowest BCUT2D eigenvalue weighted by Crippen LogP contribution is -2.13. The molecule has 1 unspecified atom stereocenters. The molecule has 0 aliphatic heterocycles. The first kappa shape index (κ1) is 18.1. The zero-order valence-corrected chi connectivity index (χ0v) is 17.0. The number of aromatic nitrogens is 1. The topological polar surface area (TPSA) is 12.9 Å². The van der Waals surface area contributed by atoms with Gasteiger partial charge in [0.05, 0.1) is 5.52 Å². The quantitative estimate of drug-likeness (QED) is 0.269. The molecular weight excluding hydrogens is 374 g/mol. The highest BCUT2D eigenvalue weighted by Gasteiger charge is 2.25. The molecule has 5 aromatic rings. The van der Waals surface area contributed by atoms with E-state index in [-0.39, 0.29) is 12.4 Å². The molecule has 1 aromatic heterocycles. The van der Waals surface area contributed by atoms with E-state index in [1.807, 2.05) is 0 Å². The molecule has 0 radical (unpaired) electrons. The lowest BCUT2D eigenvalue weighted by molar-refractivity contribution is 0.610. The van der Waals surface area contributed by atoms with Crippen molar-refractivity contribution in [3.8, 4) is 0 Å². The number of benzene rings is 4. The van der Waals surface area contributed by atoms with Crippen LogP contribution in [0, 0.1) is 0 Å². The summed E-state index contributed by atoms with van der Waals surface area (Å²) in [4.78, 5) is 5.07. The van der Waals surface area contributed by atoms with Crippen molar-refractivity contribution in [3.05, 3.63) is 102 Å². The van der Waals surface area contributed by atoms with Gasteiger partial charge in [0.2, 0.25) is 0 Å². The monoisotopic (exact) mass is 395 g/mol. The number of pyridine rings is 1. The van der Waals surface area contributed by atoms with Crippen LogP contribution in [0.1, 0.15) is 35.6 Å². The molecule has 0 bridgehead atoms. The number of fused-ring (bicyclic) bond motifs is 6. The van der Waals surface area contributed by atoms with E-state index in [9.17, 15) is 0 Å². The van der Waals surface area contributed by atoms with Crippen LogP contribution in [-0.2, 0) is 6.42 Å². The van der Waals surface area contributed by atoms with Crippen molar-refractivity contribution in [1.82, 2.24) is 4.98 Å². The highest BCUT2D eigenvalue weighted by Crippen LogP contribution is 2.42. The van der Waals surface area contributed by atoms with Gasteiger partial charge in [-0.3, -0.25) is 4.98 Å². The average Bonchev–Trinajstić information content (AvgIpc) is 2.78. The van der Waals surface area contributed by atoms with Gasteiger partial charge in [0.25, 0.3) is 0 Å². The second-order valence-electron chi connectivity index (χ2n) is 7.89. The summed E-state index contributed by atoms with van der Waals surface area (Å²) in [5.41, 5.74) is 5.30. The van der Waals surface area contributed by atoms with E-state index in [0.717, 1.165) is 5.52 Å². The Labute approximate surface area is 176 Å². The largest absolute Gasteiger partial charge is 0.252 e. The third-order valence-electron chi connectivity index (χ3n) is 6.32. The summed E-state index contributed by atoms with van der Waals surface area (Å²) < 4.78 is 0. The van der Waals surface area contributed by atoms with E-state index in [0.29, 0.717) is 5.92 Å². The molecule has 0 amide bonds.